The highest BCUT2D eigenvalue weighted by Gasteiger charge is 2.28. The van der Waals surface area contributed by atoms with E-state index in [1.165, 1.54) is 11.1 Å². The maximum absolute atomic E-state index is 6.21. The van der Waals surface area contributed by atoms with Gasteiger partial charge in [-0.3, -0.25) is 0 Å². The fraction of sp³-hybridized carbons (Fsp3) is 0.381. The van der Waals surface area contributed by atoms with Crippen LogP contribution in [0.15, 0.2) is 41.1 Å². The van der Waals surface area contributed by atoms with E-state index >= 15 is 0 Å². The quantitative estimate of drug-likeness (QED) is 0.721. The number of fused-ring (bicyclic) bond motifs is 1. The van der Waals surface area contributed by atoms with Gasteiger partial charge in [-0.1, -0.05) is 0 Å². The molecule has 136 valence electrons. The van der Waals surface area contributed by atoms with Gasteiger partial charge in [0.2, 0.25) is 0 Å². The summed E-state index contributed by atoms with van der Waals surface area (Å²) in [5, 5.41) is 5.51. The van der Waals surface area contributed by atoms with Crippen molar-refractivity contribution in [3.8, 4) is 5.75 Å². The standard InChI is InChI=1S/C21H25N3OS/c1-14-9-21(23-20-6-5-18(25-2)11-19(14)20)24(12-15-7-8-26-13-15)17-4-3-16(22)10-17/h5-9,11,13,16-17H,3-4,10,12,22H2,1-2H3/t16-,17-/m0/s1. The number of aromatic nitrogens is 1. The molecule has 0 spiro atoms. The molecule has 1 aliphatic rings. The van der Waals surface area contributed by atoms with Gasteiger partial charge in [-0.05, 0) is 78.4 Å². The number of rotatable bonds is 5. The molecule has 1 aromatic carbocycles. The average molecular weight is 368 g/mol. The van der Waals surface area contributed by atoms with Crippen molar-refractivity contribution in [2.75, 3.05) is 12.0 Å². The van der Waals surface area contributed by atoms with Crippen molar-refractivity contribution in [3.63, 3.8) is 0 Å². The van der Waals surface area contributed by atoms with Crippen LogP contribution < -0.4 is 15.4 Å². The Balaban J connectivity index is 1.74. The molecule has 0 radical (unpaired) electrons. The topological polar surface area (TPSA) is 51.4 Å². The third-order valence-corrected chi connectivity index (χ3v) is 6.05. The van der Waals surface area contributed by atoms with E-state index < -0.39 is 0 Å². The highest BCUT2D eigenvalue weighted by atomic mass is 32.1. The summed E-state index contributed by atoms with van der Waals surface area (Å²) in [6.45, 7) is 3.03. The first-order valence-corrected chi connectivity index (χ1v) is 10.1. The number of aryl methyl sites for hydroxylation is 1. The van der Waals surface area contributed by atoms with Crippen LogP contribution in [-0.2, 0) is 6.54 Å². The maximum Gasteiger partial charge on any atom is 0.130 e. The molecule has 3 aromatic rings. The first kappa shape index (κ1) is 17.3. The van der Waals surface area contributed by atoms with Gasteiger partial charge in [-0.15, -0.1) is 0 Å². The number of hydrogen-bond donors (Lipinski definition) is 1. The van der Waals surface area contributed by atoms with Gasteiger partial charge in [-0.25, -0.2) is 4.98 Å². The first-order chi connectivity index (χ1) is 12.6. The van der Waals surface area contributed by atoms with Crippen molar-refractivity contribution in [3.05, 3.63) is 52.2 Å². The molecule has 0 aliphatic heterocycles. The van der Waals surface area contributed by atoms with Crippen molar-refractivity contribution < 1.29 is 4.74 Å². The van der Waals surface area contributed by atoms with Crippen LogP contribution in [0.4, 0.5) is 5.82 Å². The number of benzene rings is 1. The minimum absolute atomic E-state index is 0.302. The van der Waals surface area contributed by atoms with E-state index in [0.29, 0.717) is 12.1 Å². The summed E-state index contributed by atoms with van der Waals surface area (Å²) in [5.41, 5.74) is 9.78. The maximum atomic E-state index is 6.21. The van der Waals surface area contributed by atoms with Crippen LogP contribution >= 0.6 is 11.3 Å². The number of hydrogen-bond acceptors (Lipinski definition) is 5. The molecular formula is C21H25N3OS. The number of methoxy groups -OCH3 is 1. The lowest BCUT2D eigenvalue weighted by atomic mass is 10.1. The van der Waals surface area contributed by atoms with E-state index in [4.69, 9.17) is 15.5 Å². The summed E-state index contributed by atoms with van der Waals surface area (Å²) in [6.07, 6.45) is 3.26. The number of nitrogens with two attached hydrogens (primary N) is 1. The monoisotopic (exact) mass is 367 g/mol. The normalized spacial score (nSPS) is 19.8. The first-order valence-electron chi connectivity index (χ1n) is 9.12. The third kappa shape index (κ3) is 3.41. The van der Waals surface area contributed by atoms with Crippen molar-refractivity contribution in [2.24, 2.45) is 5.73 Å². The molecule has 1 fully saturated rings. The predicted molar refractivity (Wildman–Crippen MR) is 109 cm³/mol. The van der Waals surface area contributed by atoms with Crippen LogP contribution in [0.2, 0.25) is 0 Å². The average Bonchev–Trinajstić information content (AvgIpc) is 3.31. The summed E-state index contributed by atoms with van der Waals surface area (Å²) in [4.78, 5) is 7.44. The van der Waals surface area contributed by atoms with Gasteiger partial charge in [0.05, 0.1) is 12.6 Å². The summed E-state index contributed by atoms with van der Waals surface area (Å²) in [7, 11) is 1.70. The van der Waals surface area contributed by atoms with Gasteiger partial charge in [0, 0.05) is 24.0 Å². The Hall–Kier alpha value is -2.11. The van der Waals surface area contributed by atoms with Crippen molar-refractivity contribution >= 4 is 28.1 Å². The molecule has 2 N–H and O–H groups in total. The zero-order valence-corrected chi connectivity index (χ0v) is 16.1. The molecule has 26 heavy (non-hydrogen) atoms. The van der Waals surface area contributed by atoms with E-state index in [2.05, 4.69) is 40.8 Å². The summed E-state index contributed by atoms with van der Waals surface area (Å²) in [6, 6.07) is 11.3. The Morgan fingerprint density at radius 2 is 2.15 bits per heavy atom. The van der Waals surface area contributed by atoms with Crippen molar-refractivity contribution in [1.82, 2.24) is 4.98 Å². The molecule has 1 aliphatic carbocycles. The molecule has 4 rings (SSSR count). The van der Waals surface area contributed by atoms with Crippen LogP contribution in [0.1, 0.15) is 30.4 Å². The van der Waals surface area contributed by atoms with E-state index in [9.17, 15) is 0 Å². The van der Waals surface area contributed by atoms with Crippen LogP contribution in [0, 0.1) is 6.92 Å². The lowest BCUT2D eigenvalue weighted by molar-refractivity contribution is 0.415. The Morgan fingerprint density at radius 1 is 1.27 bits per heavy atom. The highest BCUT2D eigenvalue weighted by Crippen LogP contribution is 2.32. The molecule has 1 saturated carbocycles. The molecule has 4 nitrogen and oxygen atoms in total. The molecule has 0 saturated heterocycles. The molecule has 2 aromatic heterocycles. The second-order valence-corrected chi connectivity index (χ2v) is 7.95. The number of ether oxygens (including phenoxy) is 1. The van der Waals surface area contributed by atoms with Gasteiger partial charge >= 0.3 is 0 Å². The zero-order chi connectivity index (χ0) is 18.1. The lowest BCUT2D eigenvalue weighted by Crippen LogP contribution is -2.34. The van der Waals surface area contributed by atoms with Gasteiger partial charge in [-0.2, -0.15) is 11.3 Å². The minimum atomic E-state index is 0.302. The van der Waals surface area contributed by atoms with Crippen molar-refractivity contribution in [2.45, 2.75) is 44.8 Å². The van der Waals surface area contributed by atoms with Crippen LogP contribution in [0.5, 0.6) is 5.75 Å². The fourth-order valence-electron chi connectivity index (χ4n) is 3.88. The predicted octanol–water partition coefficient (Wildman–Crippen LogP) is 4.50. The van der Waals surface area contributed by atoms with Crippen LogP contribution in [0.3, 0.4) is 0 Å². The van der Waals surface area contributed by atoms with E-state index in [-0.39, 0.29) is 0 Å². The van der Waals surface area contributed by atoms with Crippen LogP contribution in [0.25, 0.3) is 10.9 Å². The van der Waals surface area contributed by atoms with Crippen LogP contribution in [-0.4, -0.2) is 24.2 Å². The molecule has 0 amide bonds. The minimum Gasteiger partial charge on any atom is -0.497 e. The van der Waals surface area contributed by atoms with Gasteiger partial charge in [0.1, 0.15) is 11.6 Å². The number of pyridine rings is 1. The number of nitrogens with zero attached hydrogens (tertiary/aromatic N) is 2. The molecule has 0 bridgehead atoms. The number of thiophene rings is 1. The van der Waals surface area contributed by atoms with E-state index in [1.807, 2.05) is 12.1 Å². The van der Waals surface area contributed by atoms with E-state index in [1.54, 1.807) is 18.4 Å². The second-order valence-electron chi connectivity index (χ2n) is 7.17. The van der Waals surface area contributed by atoms with Gasteiger partial charge < -0.3 is 15.4 Å². The summed E-state index contributed by atoms with van der Waals surface area (Å²) < 4.78 is 5.37. The van der Waals surface area contributed by atoms with Gasteiger partial charge in [0.15, 0.2) is 0 Å². The fourth-order valence-corrected chi connectivity index (χ4v) is 4.54. The molecule has 0 unspecified atom stereocenters. The third-order valence-electron chi connectivity index (χ3n) is 5.32. The number of anilines is 1. The Kier molecular flexibility index (Phi) is 4.83. The Morgan fingerprint density at radius 3 is 2.85 bits per heavy atom. The molecule has 5 heteroatoms. The SMILES string of the molecule is COc1ccc2nc(N(Cc3ccsc3)[C@H]3CC[C@H](N)C3)cc(C)c2c1. The summed E-state index contributed by atoms with van der Waals surface area (Å²) in [5.74, 6) is 1.91. The molecule has 2 heterocycles. The molecular weight excluding hydrogens is 342 g/mol. The highest BCUT2D eigenvalue weighted by molar-refractivity contribution is 7.07. The zero-order valence-electron chi connectivity index (χ0n) is 15.3. The Labute approximate surface area is 158 Å². The second kappa shape index (κ2) is 7.25. The Bertz CT molecular complexity index is 894. The summed E-state index contributed by atoms with van der Waals surface area (Å²) >= 11 is 1.74. The van der Waals surface area contributed by atoms with Gasteiger partial charge in [0.25, 0.3) is 0 Å². The van der Waals surface area contributed by atoms with Crippen molar-refractivity contribution in [1.29, 1.82) is 0 Å². The van der Waals surface area contributed by atoms with E-state index in [0.717, 1.165) is 48.3 Å². The largest absolute Gasteiger partial charge is 0.497 e. The lowest BCUT2D eigenvalue weighted by Gasteiger charge is -2.30. The smallest absolute Gasteiger partial charge is 0.130 e. The molecule has 2 atom stereocenters.